The smallest absolute Gasteiger partial charge is 0.148 e. The summed E-state index contributed by atoms with van der Waals surface area (Å²) in [6.45, 7) is 0. The first kappa shape index (κ1) is 9.59. The van der Waals surface area contributed by atoms with Crippen LogP contribution in [0.4, 0.5) is 0 Å². The molecule has 1 aliphatic rings. The minimum absolute atomic E-state index is 0.134. The van der Waals surface area contributed by atoms with Crippen LogP contribution in [0.15, 0.2) is 53.3 Å². The molecule has 1 aromatic heterocycles. The van der Waals surface area contributed by atoms with E-state index < -0.39 is 0 Å². The highest BCUT2D eigenvalue weighted by atomic mass is 16.5. The van der Waals surface area contributed by atoms with Gasteiger partial charge in [-0.05, 0) is 21.9 Å². The molecule has 0 saturated heterocycles. The Morgan fingerprint density at radius 2 is 1.94 bits per heavy atom. The van der Waals surface area contributed by atoms with Gasteiger partial charge in [0.05, 0.1) is 5.92 Å². The molecule has 0 saturated carbocycles. The molecule has 1 aliphatic carbocycles. The fourth-order valence-electron chi connectivity index (χ4n) is 2.67. The Morgan fingerprint density at radius 3 is 2.78 bits per heavy atom. The van der Waals surface area contributed by atoms with E-state index in [0.717, 1.165) is 5.69 Å². The third kappa shape index (κ3) is 1.24. The van der Waals surface area contributed by atoms with Crippen LogP contribution < -0.4 is 0 Å². The first-order valence-corrected chi connectivity index (χ1v) is 5.90. The zero-order valence-electron chi connectivity index (χ0n) is 9.58. The van der Waals surface area contributed by atoms with E-state index in [-0.39, 0.29) is 5.92 Å². The fraction of sp³-hybridized carbons (Fsp3) is 0.0667. The van der Waals surface area contributed by atoms with Gasteiger partial charge >= 0.3 is 0 Å². The molecule has 1 atom stereocenters. The second-order valence-corrected chi connectivity index (χ2v) is 4.46. The number of hydrogen-bond donors (Lipinski definition) is 0. The molecule has 2 aromatic carbocycles. The molecule has 3 aromatic rings. The second kappa shape index (κ2) is 3.53. The lowest BCUT2D eigenvalue weighted by molar-refractivity contribution is 0.392. The van der Waals surface area contributed by atoms with Crippen LogP contribution in [0.25, 0.3) is 16.8 Å². The molecule has 3 nitrogen and oxygen atoms in total. The summed E-state index contributed by atoms with van der Waals surface area (Å²) in [6, 6.07) is 12.7. The Morgan fingerprint density at radius 1 is 1.06 bits per heavy atom. The number of nitrogens with zero attached hydrogens (tertiary/aromatic N) is 2. The van der Waals surface area contributed by atoms with Crippen LogP contribution >= 0.6 is 0 Å². The summed E-state index contributed by atoms with van der Waals surface area (Å²) >= 11 is 0. The van der Waals surface area contributed by atoms with Crippen LogP contribution in [0.5, 0.6) is 0 Å². The van der Waals surface area contributed by atoms with Crippen LogP contribution in [0.3, 0.4) is 0 Å². The molecule has 0 aliphatic heterocycles. The Kier molecular flexibility index (Phi) is 1.88. The zero-order valence-corrected chi connectivity index (χ0v) is 9.58. The SMILES string of the molecule is C1=CC(c2conn2)c2cccc3cccc1c23. The Labute approximate surface area is 104 Å². The molecular weight excluding hydrogens is 224 g/mol. The number of allylic oxidation sites excluding steroid dienone is 1. The zero-order chi connectivity index (χ0) is 11.9. The molecular formula is C15H10N2O. The maximum Gasteiger partial charge on any atom is 0.148 e. The summed E-state index contributed by atoms with van der Waals surface area (Å²) < 4.78 is 4.86. The summed E-state index contributed by atoms with van der Waals surface area (Å²) in [7, 11) is 0. The lowest BCUT2D eigenvalue weighted by Crippen LogP contribution is -2.03. The predicted octanol–water partition coefficient (Wildman–Crippen LogP) is 3.38. The average Bonchev–Trinajstić information content (AvgIpc) is 2.94. The quantitative estimate of drug-likeness (QED) is 0.648. The molecule has 0 amide bonds. The van der Waals surface area contributed by atoms with Gasteiger partial charge in [0.1, 0.15) is 12.0 Å². The number of benzene rings is 2. The maximum absolute atomic E-state index is 4.86. The van der Waals surface area contributed by atoms with E-state index in [1.54, 1.807) is 6.26 Å². The highest BCUT2D eigenvalue weighted by molar-refractivity contribution is 5.96. The largest absolute Gasteiger partial charge is 0.345 e. The van der Waals surface area contributed by atoms with E-state index in [9.17, 15) is 0 Å². The molecule has 1 unspecified atom stereocenters. The predicted molar refractivity (Wildman–Crippen MR) is 69.1 cm³/mol. The van der Waals surface area contributed by atoms with Crippen LogP contribution in [-0.4, -0.2) is 10.4 Å². The van der Waals surface area contributed by atoms with Gasteiger partial charge in [-0.2, -0.15) is 0 Å². The topological polar surface area (TPSA) is 38.9 Å². The molecule has 0 N–H and O–H groups in total. The molecule has 0 radical (unpaired) electrons. The molecule has 86 valence electrons. The molecule has 0 bridgehead atoms. The van der Waals surface area contributed by atoms with E-state index in [4.69, 9.17) is 4.52 Å². The van der Waals surface area contributed by atoms with Gasteiger partial charge < -0.3 is 4.52 Å². The summed E-state index contributed by atoms with van der Waals surface area (Å²) in [6.07, 6.45) is 5.91. The summed E-state index contributed by atoms with van der Waals surface area (Å²) in [5.74, 6) is 0.134. The van der Waals surface area contributed by atoms with Crippen molar-refractivity contribution in [3.8, 4) is 0 Å². The highest BCUT2D eigenvalue weighted by Gasteiger charge is 2.21. The summed E-state index contributed by atoms with van der Waals surface area (Å²) in [4.78, 5) is 0. The van der Waals surface area contributed by atoms with Gasteiger partial charge in [0, 0.05) is 5.27 Å². The Balaban J connectivity index is 2.04. The normalized spacial score (nSPS) is 17.2. The van der Waals surface area contributed by atoms with E-state index in [1.165, 1.54) is 21.9 Å². The lowest BCUT2D eigenvalue weighted by atomic mass is 9.85. The van der Waals surface area contributed by atoms with Gasteiger partial charge in [-0.25, -0.2) is 0 Å². The lowest BCUT2D eigenvalue weighted by Gasteiger charge is -2.19. The molecule has 0 spiro atoms. The second-order valence-electron chi connectivity index (χ2n) is 4.46. The van der Waals surface area contributed by atoms with Crippen LogP contribution in [0.2, 0.25) is 0 Å². The molecule has 1 heterocycles. The van der Waals surface area contributed by atoms with Crippen molar-refractivity contribution in [1.82, 2.24) is 10.4 Å². The van der Waals surface area contributed by atoms with Crippen molar-refractivity contribution in [2.75, 3.05) is 0 Å². The van der Waals surface area contributed by atoms with E-state index in [1.807, 2.05) is 0 Å². The monoisotopic (exact) mass is 234 g/mol. The van der Waals surface area contributed by atoms with Gasteiger partial charge in [0.2, 0.25) is 0 Å². The maximum atomic E-state index is 4.86. The number of rotatable bonds is 1. The van der Waals surface area contributed by atoms with Crippen molar-refractivity contribution >= 4 is 16.8 Å². The van der Waals surface area contributed by atoms with E-state index >= 15 is 0 Å². The number of aromatic nitrogens is 2. The minimum Gasteiger partial charge on any atom is -0.345 e. The van der Waals surface area contributed by atoms with Gasteiger partial charge in [-0.15, -0.1) is 5.10 Å². The van der Waals surface area contributed by atoms with Crippen molar-refractivity contribution in [3.05, 3.63) is 65.6 Å². The fourth-order valence-corrected chi connectivity index (χ4v) is 2.67. The number of hydrogen-bond acceptors (Lipinski definition) is 3. The van der Waals surface area contributed by atoms with Gasteiger partial charge in [-0.1, -0.05) is 48.6 Å². The molecule has 0 fully saturated rings. The van der Waals surface area contributed by atoms with E-state index in [0.29, 0.717) is 0 Å². The van der Waals surface area contributed by atoms with Crippen LogP contribution in [-0.2, 0) is 0 Å². The summed E-state index contributed by atoms with van der Waals surface area (Å²) in [5.41, 5.74) is 3.38. The van der Waals surface area contributed by atoms with Crippen LogP contribution in [0, 0.1) is 0 Å². The Hall–Kier alpha value is -2.42. The molecule has 4 rings (SSSR count). The Bertz CT molecular complexity index is 739. The molecule has 3 heteroatoms. The molecule has 18 heavy (non-hydrogen) atoms. The first-order valence-electron chi connectivity index (χ1n) is 5.90. The van der Waals surface area contributed by atoms with E-state index in [2.05, 4.69) is 58.9 Å². The first-order chi connectivity index (χ1) is 8.93. The minimum atomic E-state index is 0.134. The van der Waals surface area contributed by atoms with Crippen molar-refractivity contribution in [2.24, 2.45) is 0 Å². The summed E-state index contributed by atoms with van der Waals surface area (Å²) in [5, 5.41) is 10.2. The highest BCUT2D eigenvalue weighted by Crippen LogP contribution is 2.37. The standard InChI is InChI=1S/C15H10N2O/c1-3-10-5-2-6-13-12(14-9-18-17-16-14)8-7-11(4-1)15(10)13/h1-9,12H. The van der Waals surface area contributed by atoms with Crippen molar-refractivity contribution in [2.45, 2.75) is 5.92 Å². The van der Waals surface area contributed by atoms with Gasteiger partial charge in [0.25, 0.3) is 0 Å². The van der Waals surface area contributed by atoms with Gasteiger partial charge in [0.15, 0.2) is 0 Å². The van der Waals surface area contributed by atoms with Crippen molar-refractivity contribution < 1.29 is 4.52 Å². The third-order valence-corrected chi connectivity index (χ3v) is 3.47. The average molecular weight is 234 g/mol. The van der Waals surface area contributed by atoms with Crippen molar-refractivity contribution in [3.63, 3.8) is 0 Å². The van der Waals surface area contributed by atoms with Crippen LogP contribution in [0.1, 0.15) is 22.7 Å². The van der Waals surface area contributed by atoms with Gasteiger partial charge in [-0.3, -0.25) is 0 Å². The van der Waals surface area contributed by atoms with Crippen molar-refractivity contribution in [1.29, 1.82) is 0 Å². The third-order valence-electron chi connectivity index (χ3n) is 3.47.